The number of ketones is 3. The molecule has 222 valence electrons. The summed E-state index contributed by atoms with van der Waals surface area (Å²) in [6.45, 7) is 3.88. The zero-order chi connectivity index (χ0) is 30.1. The lowest BCUT2D eigenvalue weighted by atomic mass is 9.94. The first-order valence-corrected chi connectivity index (χ1v) is 13.2. The number of carbonyl (C=O) groups is 6. The minimum absolute atomic E-state index is 0.0518. The Bertz CT molecular complexity index is 1000. The zero-order valence-corrected chi connectivity index (χ0v) is 23.4. The number of hydrogen-bond donors (Lipinski definition) is 6. The second-order valence-corrected chi connectivity index (χ2v) is 9.37. The van der Waals surface area contributed by atoms with Crippen molar-refractivity contribution in [3.8, 4) is 0 Å². The Morgan fingerprint density at radius 3 is 2.12 bits per heavy atom. The number of ether oxygens (including phenoxy) is 1. The third-order valence-corrected chi connectivity index (χ3v) is 6.06. The van der Waals surface area contributed by atoms with Crippen molar-refractivity contribution in [2.45, 2.75) is 70.1 Å². The van der Waals surface area contributed by atoms with E-state index in [9.17, 15) is 28.8 Å². The summed E-state index contributed by atoms with van der Waals surface area (Å²) >= 11 is 0. The SMILES string of the molecule is CCCOCC(=O)[C@H](C)NCN[C@@H](CC(N)=O)C(=O)N[C@@H](CCC(N)=O)C(=O)C(=O)[C@H](Cc1ccccc1)NC. The Balaban J connectivity index is 2.92. The molecule has 0 spiro atoms. The first kappa shape index (κ1) is 34.5. The highest BCUT2D eigenvalue weighted by Crippen LogP contribution is 2.08. The fourth-order valence-electron chi connectivity index (χ4n) is 3.70. The van der Waals surface area contributed by atoms with Crippen molar-refractivity contribution in [1.29, 1.82) is 0 Å². The average Bonchev–Trinajstić information content (AvgIpc) is 2.92. The molecule has 0 saturated heterocycles. The maximum absolute atomic E-state index is 13.2. The molecular weight excluding hydrogens is 520 g/mol. The summed E-state index contributed by atoms with van der Waals surface area (Å²) in [4.78, 5) is 74.5. The summed E-state index contributed by atoms with van der Waals surface area (Å²) in [5, 5.41) is 11.0. The van der Waals surface area contributed by atoms with Crippen LogP contribution in [0.2, 0.25) is 0 Å². The molecule has 0 aromatic heterocycles. The Kier molecular flexibility index (Phi) is 16.1. The van der Waals surface area contributed by atoms with Gasteiger partial charge in [0, 0.05) is 19.7 Å². The van der Waals surface area contributed by atoms with Gasteiger partial charge < -0.3 is 26.8 Å². The highest BCUT2D eigenvalue weighted by atomic mass is 16.5. The molecule has 0 fully saturated rings. The number of benzene rings is 1. The molecule has 13 nitrogen and oxygen atoms in total. The van der Waals surface area contributed by atoms with E-state index in [1.807, 2.05) is 37.3 Å². The first-order chi connectivity index (χ1) is 19.0. The summed E-state index contributed by atoms with van der Waals surface area (Å²) in [6, 6.07) is 5.05. The fraction of sp³-hybridized carbons (Fsp3) is 0.556. The van der Waals surface area contributed by atoms with Gasteiger partial charge in [0.15, 0.2) is 5.78 Å². The summed E-state index contributed by atoms with van der Waals surface area (Å²) in [5.74, 6) is -4.18. The topological polar surface area (TPSA) is 212 Å². The average molecular weight is 563 g/mol. The van der Waals surface area contributed by atoms with Crippen molar-refractivity contribution < 1.29 is 33.5 Å². The van der Waals surface area contributed by atoms with Crippen LogP contribution in [0.5, 0.6) is 0 Å². The molecule has 0 saturated carbocycles. The number of nitrogens with two attached hydrogens (primary N) is 2. The van der Waals surface area contributed by atoms with E-state index in [4.69, 9.17) is 16.2 Å². The summed E-state index contributed by atoms with van der Waals surface area (Å²) in [5.41, 5.74) is 11.4. The lowest BCUT2D eigenvalue weighted by molar-refractivity contribution is -0.140. The minimum Gasteiger partial charge on any atom is -0.374 e. The van der Waals surface area contributed by atoms with Gasteiger partial charge in [0.1, 0.15) is 6.61 Å². The summed E-state index contributed by atoms with van der Waals surface area (Å²) in [7, 11) is 1.54. The molecule has 0 aliphatic heterocycles. The number of rotatable bonds is 22. The van der Waals surface area contributed by atoms with E-state index < -0.39 is 59.9 Å². The summed E-state index contributed by atoms with van der Waals surface area (Å²) in [6.07, 6.45) is 0.113. The van der Waals surface area contributed by atoms with E-state index in [0.29, 0.717) is 6.61 Å². The molecule has 0 unspecified atom stereocenters. The van der Waals surface area contributed by atoms with E-state index >= 15 is 0 Å². The molecule has 40 heavy (non-hydrogen) atoms. The first-order valence-electron chi connectivity index (χ1n) is 13.2. The van der Waals surface area contributed by atoms with Crippen molar-refractivity contribution >= 4 is 35.1 Å². The highest BCUT2D eigenvalue weighted by molar-refractivity contribution is 6.41. The number of Topliss-reactive ketones (excluding diaryl/α,β-unsaturated/α-hetero) is 3. The Hall–Kier alpha value is -3.52. The molecule has 13 heteroatoms. The maximum Gasteiger partial charge on any atom is 0.238 e. The van der Waals surface area contributed by atoms with Gasteiger partial charge >= 0.3 is 0 Å². The second kappa shape index (κ2) is 18.7. The van der Waals surface area contributed by atoms with Crippen LogP contribution in [0.3, 0.4) is 0 Å². The third kappa shape index (κ3) is 13.0. The predicted octanol–water partition coefficient (Wildman–Crippen LogP) is -1.53. The van der Waals surface area contributed by atoms with E-state index in [0.717, 1.165) is 12.0 Å². The van der Waals surface area contributed by atoms with Crippen LogP contribution in [-0.4, -0.2) is 86.2 Å². The van der Waals surface area contributed by atoms with Crippen molar-refractivity contribution in [1.82, 2.24) is 21.3 Å². The molecule has 1 aromatic carbocycles. The van der Waals surface area contributed by atoms with Crippen molar-refractivity contribution in [3.63, 3.8) is 0 Å². The third-order valence-electron chi connectivity index (χ3n) is 6.06. The van der Waals surface area contributed by atoms with E-state index in [-0.39, 0.29) is 38.3 Å². The van der Waals surface area contributed by atoms with Gasteiger partial charge in [-0.15, -0.1) is 0 Å². The van der Waals surface area contributed by atoms with E-state index in [1.165, 1.54) is 7.05 Å². The largest absolute Gasteiger partial charge is 0.374 e. The van der Waals surface area contributed by atoms with Crippen LogP contribution >= 0.6 is 0 Å². The molecule has 1 rings (SSSR count). The maximum atomic E-state index is 13.2. The van der Waals surface area contributed by atoms with Crippen LogP contribution < -0.4 is 32.7 Å². The van der Waals surface area contributed by atoms with Gasteiger partial charge in [-0.1, -0.05) is 37.3 Å². The minimum atomic E-state index is -1.36. The Morgan fingerprint density at radius 2 is 1.55 bits per heavy atom. The van der Waals surface area contributed by atoms with Gasteiger partial charge in [0.05, 0.1) is 30.6 Å². The number of hydrogen-bond acceptors (Lipinski definition) is 10. The molecule has 0 aliphatic rings. The molecule has 8 N–H and O–H groups in total. The lowest BCUT2D eigenvalue weighted by Gasteiger charge is -2.24. The Labute approximate surface area is 234 Å². The highest BCUT2D eigenvalue weighted by Gasteiger charge is 2.33. The van der Waals surface area contributed by atoms with Gasteiger partial charge in [0.2, 0.25) is 29.3 Å². The van der Waals surface area contributed by atoms with E-state index in [2.05, 4.69) is 21.3 Å². The summed E-state index contributed by atoms with van der Waals surface area (Å²) < 4.78 is 5.24. The van der Waals surface area contributed by atoms with Gasteiger partial charge in [-0.25, -0.2) is 0 Å². The van der Waals surface area contributed by atoms with Gasteiger partial charge in [-0.05, 0) is 38.8 Å². The molecule has 1 aromatic rings. The van der Waals surface area contributed by atoms with E-state index in [1.54, 1.807) is 6.92 Å². The molecule has 4 atom stereocenters. The molecule has 0 radical (unpaired) electrons. The van der Waals surface area contributed by atoms with Crippen LogP contribution in [0.4, 0.5) is 0 Å². The number of amides is 3. The second-order valence-electron chi connectivity index (χ2n) is 9.37. The van der Waals surface area contributed by atoms with Crippen LogP contribution in [0.15, 0.2) is 30.3 Å². The van der Waals surface area contributed by atoms with Crippen LogP contribution in [0.25, 0.3) is 0 Å². The van der Waals surface area contributed by atoms with Crippen molar-refractivity contribution in [3.05, 3.63) is 35.9 Å². The Morgan fingerprint density at radius 1 is 0.900 bits per heavy atom. The standard InChI is InChI=1S/C27H42N6O7/c1-4-12-40-15-22(34)17(2)31-16-32-21(14-24(29)36)27(39)33-19(10-11-23(28)35)25(37)26(38)20(30-3)13-18-8-6-5-7-9-18/h5-9,17,19-21,30-32H,4,10-16H2,1-3H3,(H2,28,35)(H2,29,36)(H,33,39)/t17-,19-,20-,21-/m0/s1. The monoisotopic (exact) mass is 562 g/mol. The molecule has 0 bridgehead atoms. The predicted molar refractivity (Wildman–Crippen MR) is 148 cm³/mol. The van der Waals surface area contributed by atoms with Crippen molar-refractivity contribution in [2.75, 3.05) is 26.9 Å². The quantitative estimate of drug-likeness (QED) is 0.0545. The van der Waals surface area contributed by atoms with Crippen molar-refractivity contribution in [2.24, 2.45) is 11.5 Å². The molecule has 0 heterocycles. The number of primary amides is 2. The van der Waals surface area contributed by atoms with Gasteiger partial charge in [-0.3, -0.25) is 39.4 Å². The van der Waals surface area contributed by atoms with Crippen LogP contribution in [0, 0.1) is 0 Å². The number of likely N-dealkylation sites (N-methyl/N-ethyl adjacent to an activating group) is 1. The normalized spacial score (nSPS) is 14.0. The lowest BCUT2D eigenvalue weighted by Crippen LogP contribution is -2.56. The van der Waals surface area contributed by atoms with Crippen LogP contribution in [0.1, 0.15) is 45.1 Å². The smallest absolute Gasteiger partial charge is 0.238 e. The number of nitrogens with one attached hydrogen (secondary N) is 4. The number of carbonyl (C=O) groups excluding carboxylic acids is 6. The van der Waals surface area contributed by atoms with Gasteiger partial charge in [0.25, 0.3) is 0 Å². The zero-order valence-electron chi connectivity index (χ0n) is 23.4. The fourth-order valence-corrected chi connectivity index (χ4v) is 3.70. The molecule has 0 aliphatic carbocycles. The molecular formula is C27H42N6O7. The van der Waals surface area contributed by atoms with Crippen LogP contribution in [-0.2, 0) is 39.9 Å². The molecule has 3 amide bonds. The van der Waals surface area contributed by atoms with Gasteiger partial charge in [-0.2, -0.15) is 0 Å².